The van der Waals surface area contributed by atoms with Crippen LogP contribution in [0.15, 0.2) is 48.5 Å². The van der Waals surface area contributed by atoms with Gasteiger partial charge in [-0.2, -0.15) is 8.78 Å². The van der Waals surface area contributed by atoms with Crippen molar-refractivity contribution in [2.24, 2.45) is 0 Å². The molecule has 0 saturated carbocycles. The topological polar surface area (TPSA) is 18.5 Å². The van der Waals surface area contributed by atoms with Gasteiger partial charge in [-0.1, -0.05) is 31.2 Å². The maximum atomic E-state index is 12.8. The molecular formula is C19H21F3O2. The summed E-state index contributed by atoms with van der Waals surface area (Å²) < 4.78 is 48.1. The molecule has 2 aromatic carbocycles. The van der Waals surface area contributed by atoms with E-state index in [-0.39, 0.29) is 0 Å². The lowest BCUT2D eigenvalue weighted by Gasteiger charge is -2.13. The van der Waals surface area contributed by atoms with E-state index in [0.29, 0.717) is 12.4 Å². The molecular weight excluding hydrogens is 317 g/mol. The molecule has 0 aliphatic carbocycles. The molecule has 2 aromatic rings. The first-order valence-electron chi connectivity index (χ1n) is 7.89. The number of hydrogen-bond acceptors (Lipinski definition) is 2. The zero-order valence-corrected chi connectivity index (χ0v) is 13.6. The smallest absolute Gasteiger partial charge is 0.309 e. The van der Waals surface area contributed by atoms with Gasteiger partial charge in [-0.3, -0.25) is 0 Å². The van der Waals surface area contributed by atoms with E-state index in [1.165, 1.54) is 0 Å². The van der Waals surface area contributed by atoms with E-state index < -0.39 is 19.2 Å². The molecule has 0 aliphatic heterocycles. The van der Waals surface area contributed by atoms with Crippen molar-refractivity contribution < 1.29 is 22.6 Å². The number of benzene rings is 2. The first kappa shape index (κ1) is 18.2. The van der Waals surface area contributed by atoms with Crippen molar-refractivity contribution in [1.82, 2.24) is 0 Å². The van der Waals surface area contributed by atoms with Crippen LogP contribution in [0.2, 0.25) is 0 Å². The second-order valence-electron chi connectivity index (χ2n) is 5.59. The predicted octanol–water partition coefficient (Wildman–Crippen LogP) is 5.05. The maximum Gasteiger partial charge on any atom is 0.309 e. The fourth-order valence-electron chi connectivity index (χ4n) is 2.09. The molecule has 0 heterocycles. The number of hydrogen-bond donors (Lipinski definition) is 0. The Morgan fingerprint density at radius 2 is 1.33 bits per heavy atom. The van der Waals surface area contributed by atoms with Gasteiger partial charge in [0.1, 0.15) is 11.5 Å². The molecule has 2 nitrogen and oxygen atoms in total. The Kier molecular flexibility index (Phi) is 6.53. The minimum absolute atomic E-state index is 0.301. The first-order valence-corrected chi connectivity index (χ1v) is 7.89. The molecule has 24 heavy (non-hydrogen) atoms. The van der Waals surface area contributed by atoms with Crippen LogP contribution in [-0.2, 0) is 6.42 Å². The van der Waals surface area contributed by atoms with Gasteiger partial charge in [0.25, 0.3) is 0 Å². The van der Waals surface area contributed by atoms with Crippen LogP contribution < -0.4 is 9.47 Å². The summed E-state index contributed by atoms with van der Waals surface area (Å²) in [6.07, 6.45) is 1.68. The number of alkyl halides is 3. The van der Waals surface area contributed by atoms with Gasteiger partial charge in [0.2, 0.25) is 0 Å². The Morgan fingerprint density at radius 1 is 0.833 bits per heavy atom. The standard InChI is InChI=1S/C19H21F3O2/c1-2-11-23-17-7-3-15(4-8-17)12-16-5-9-18(10-6-16)24-14-19(21,22)13-20/h3-10H,2,11-14H2,1H3. The molecule has 0 N–H and O–H groups in total. The van der Waals surface area contributed by atoms with E-state index in [0.717, 1.165) is 29.7 Å². The van der Waals surface area contributed by atoms with Crippen molar-refractivity contribution in [2.75, 3.05) is 19.9 Å². The monoisotopic (exact) mass is 338 g/mol. The third-order valence-corrected chi connectivity index (χ3v) is 3.37. The first-order chi connectivity index (χ1) is 11.5. The van der Waals surface area contributed by atoms with Gasteiger partial charge in [0.05, 0.1) is 6.61 Å². The van der Waals surface area contributed by atoms with Crippen molar-refractivity contribution in [3.8, 4) is 11.5 Å². The van der Waals surface area contributed by atoms with Crippen LogP contribution in [0.5, 0.6) is 11.5 Å². The van der Waals surface area contributed by atoms with Gasteiger partial charge in [-0.25, -0.2) is 4.39 Å². The normalized spacial score (nSPS) is 11.3. The second kappa shape index (κ2) is 8.62. The zero-order chi connectivity index (χ0) is 17.4. The summed E-state index contributed by atoms with van der Waals surface area (Å²) in [4.78, 5) is 0. The van der Waals surface area contributed by atoms with Gasteiger partial charge in [0.15, 0.2) is 13.3 Å². The summed E-state index contributed by atoms with van der Waals surface area (Å²) in [6, 6.07) is 14.7. The summed E-state index contributed by atoms with van der Waals surface area (Å²) in [5.74, 6) is -2.30. The average Bonchev–Trinajstić information content (AvgIpc) is 2.61. The fourth-order valence-corrected chi connectivity index (χ4v) is 2.09. The van der Waals surface area contributed by atoms with Crippen molar-refractivity contribution >= 4 is 0 Å². The molecule has 0 amide bonds. The number of rotatable bonds is 9. The van der Waals surface area contributed by atoms with E-state index in [4.69, 9.17) is 9.47 Å². The van der Waals surface area contributed by atoms with Crippen molar-refractivity contribution in [3.63, 3.8) is 0 Å². The molecule has 0 unspecified atom stereocenters. The lowest BCUT2D eigenvalue weighted by Crippen LogP contribution is -2.27. The van der Waals surface area contributed by atoms with Crippen LogP contribution in [-0.4, -0.2) is 25.8 Å². The summed E-state index contributed by atoms with van der Waals surface area (Å²) in [5.41, 5.74) is 2.15. The van der Waals surface area contributed by atoms with Crippen LogP contribution in [0.25, 0.3) is 0 Å². The largest absolute Gasteiger partial charge is 0.494 e. The molecule has 130 valence electrons. The molecule has 2 rings (SSSR count). The number of ether oxygens (including phenoxy) is 2. The zero-order valence-electron chi connectivity index (χ0n) is 13.6. The number of halogens is 3. The van der Waals surface area contributed by atoms with Gasteiger partial charge in [-0.15, -0.1) is 0 Å². The molecule has 0 aliphatic rings. The van der Waals surface area contributed by atoms with Crippen molar-refractivity contribution in [2.45, 2.75) is 25.7 Å². The Bertz CT molecular complexity index is 610. The quantitative estimate of drug-likeness (QED) is 0.637. The van der Waals surface area contributed by atoms with E-state index >= 15 is 0 Å². The van der Waals surface area contributed by atoms with Gasteiger partial charge >= 0.3 is 5.92 Å². The average molecular weight is 338 g/mol. The predicted molar refractivity (Wildman–Crippen MR) is 87.9 cm³/mol. The van der Waals surface area contributed by atoms with Gasteiger partial charge in [0, 0.05) is 0 Å². The molecule has 0 atom stereocenters. The van der Waals surface area contributed by atoms with Crippen LogP contribution in [0, 0.1) is 0 Å². The third kappa shape index (κ3) is 5.80. The second-order valence-corrected chi connectivity index (χ2v) is 5.59. The van der Waals surface area contributed by atoms with E-state index in [1.54, 1.807) is 12.1 Å². The molecule has 0 saturated heterocycles. The van der Waals surface area contributed by atoms with Crippen molar-refractivity contribution in [3.05, 3.63) is 59.7 Å². The SMILES string of the molecule is CCCOc1ccc(Cc2ccc(OCC(F)(F)CF)cc2)cc1. The van der Waals surface area contributed by atoms with Crippen LogP contribution >= 0.6 is 0 Å². The van der Waals surface area contributed by atoms with E-state index in [1.807, 2.05) is 36.4 Å². The molecule has 0 aromatic heterocycles. The Hall–Kier alpha value is -2.17. The highest BCUT2D eigenvalue weighted by Crippen LogP contribution is 2.20. The minimum Gasteiger partial charge on any atom is -0.494 e. The Labute approximate surface area is 140 Å². The van der Waals surface area contributed by atoms with Gasteiger partial charge < -0.3 is 9.47 Å². The summed E-state index contributed by atoms with van der Waals surface area (Å²) >= 11 is 0. The summed E-state index contributed by atoms with van der Waals surface area (Å²) in [5, 5.41) is 0. The highest BCUT2D eigenvalue weighted by molar-refractivity contribution is 5.34. The molecule has 0 fully saturated rings. The highest BCUT2D eigenvalue weighted by Gasteiger charge is 2.29. The minimum atomic E-state index is -3.44. The summed E-state index contributed by atoms with van der Waals surface area (Å²) in [7, 11) is 0. The van der Waals surface area contributed by atoms with Crippen LogP contribution in [0.4, 0.5) is 13.2 Å². The van der Waals surface area contributed by atoms with E-state index in [2.05, 4.69) is 6.92 Å². The molecule has 0 spiro atoms. The molecule has 5 heteroatoms. The Balaban J connectivity index is 1.89. The van der Waals surface area contributed by atoms with E-state index in [9.17, 15) is 13.2 Å². The third-order valence-electron chi connectivity index (χ3n) is 3.37. The molecule has 0 radical (unpaired) electrons. The lowest BCUT2D eigenvalue weighted by atomic mass is 10.0. The lowest BCUT2D eigenvalue weighted by molar-refractivity contribution is -0.0584. The Morgan fingerprint density at radius 3 is 1.79 bits per heavy atom. The van der Waals surface area contributed by atoms with Crippen molar-refractivity contribution in [1.29, 1.82) is 0 Å². The van der Waals surface area contributed by atoms with Crippen LogP contribution in [0.3, 0.4) is 0 Å². The summed E-state index contributed by atoms with van der Waals surface area (Å²) in [6.45, 7) is 0.0772. The highest BCUT2D eigenvalue weighted by atomic mass is 19.3. The van der Waals surface area contributed by atoms with Crippen LogP contribution in [0.1, 0.15) is 24.5 Å². The maximum absolute atomic E-state index is 12.8. The van der Waals surface area contributed by atoms with Gasteiger partial charge in [-0.05, 0) is 48.2 Å². The fraction of sp³-hybridized carbons (Fsp3) is 0.368. The molecule has 0 bridgehead atoms.